The Kier molecular flexibility index (Phi) is 13.9. The SMILES string of the molecule is C=CCO[C@@]12Oc3ccc(OCc4cccc(C)n4)cc3[C@H]3[C@H](CCCCO)[C@@H](CCCCO)C=C(C(=NOC)C[C@@H]1N(Cc1ccc4c(c1)OCO4)C(=O)c1ccc(C#N)cc1)[C@H]32. The van der Waals surface area contributed by atoms with Gasteiger partial charge in [-0.1, -0.05) is 42.3 Å². The van der Waals surface area contributed by atoms with E-state index in [0.717, 1.165) is 53.8 Å². The summed E-state index contributed by atoms with van der Waals surface area (Å²) in [5.74, 6) is 0.0356. The van der Waals surface area contributed by atoms with Crippen LogP contribution in [0.3, 0.4) is 0 Å². The van der Waals surface area contributed by atoms with E-state index in [2.05, 4.69) is 29.8 Å². The highest BCUT2D eigenvalue weighted by atomic mass is 16.7. The lowest BCUT2D eigenvalue weighted by Gasteiger charge is -2.60. The van der Waals surface area contributed by atoms with E-state index in [-0.39, 0.29) is 69.8 Å². The molecule has 0 bridgehead atoms. The molecule has 0 radical (unpaired) electrons. The van der Waals surface area contributed by atoms with Crippen LogP contribution in [0, 0.1) is 36.0 Å². The number of aryl methyl sites for hydroxylation is 1. The Morgan fingerprint density at radius 3 is 2.53 bits per heavy atom. The molecule has 2 aliphatic carbocycles. The van der Waals surface area contributed by atoms with Crippen molar-refractivity contribution in [3.05, 3.63) is 137 Å². The Morgan fingerprint density at radius 1 is 1.00 bits per heavy atom. The molecule has 6 atom stereocenters. The number of rotatable bonds is 19. The summed E-state index contributed by atoms with van der Waals surface area (Å²) in [6.45, 7) is 6.81. The highest BCUT2D eigenvalue weighted by Gasteiger charge is 2.65. The first kappa shape index (κ1) is 44.4. The van der Waals surface area contributed by atoms with Crippen LogP contribution in [-0.2, 0) is 22.7 Å². The van der Waals surface area contributed by atoms with Gasteiger partial charge in [0.2, 0.25) is 12.6 Å². The summed E-state index contributed by atoms with van der Waals surface area (Å²) in [6, 6.07) is 25.4. The zero-order valence-electron chi connectivity index (χ0n) is 36.5. The second kappa shape index (κ2) is 20.1. The Morgan fingerprint density at radius 2 is 1.78 bits per heavy atom. The fraction of sp³-hybridized carbons (Fsp3) is 0.412. The molecule has 1 saturated carbocycles. The van der Waals surface area contributed by atoms with Crippen LogP contribution in [0.4, 0.5) is 0 Å². The van der Waals surface area contributed by atoms with Crippen LogP contribution in [-0.4, -0.2) is 77.3 Å². The molecule has 334 valence electrons. The largest absolute Gasteiger partial charge is 0.487 e. The van der Waals surface area contributed by atoms with Gasteiger partial charge in [0.25, 0.3) is 5.91 Å². The van der Waals surface area contributed by atoms with E-state index in [4.69, 9.17) is 33.7 Å². The molecule has 3 aromatic carbocycles. The third kappa shape index (κ3) is 9.09. The first-order chi connectivity index (χ1) is 31.3. The Hall–Kier alpha value is -6.20. The molecule has 0 unspecified atom stereocenters. The number of oxime groups is 1. The van der Waals surface area contributed by atoms with E-state index in [9.17, 15) is 15.5 Å². The van der Waals surface area contributed by atoms with Gasteiger partial charge < -0.3 is 43.6 Å². The van der Waals surface area contributed by atoms with E-state index in [1.807, 2.05) is 55.5 Å². The maximum absolute atomic E-state index is 15.3. The highest BCUT2D eigenvalue weighted by Crippen LogP contribution is 2.62. The van der Waals surface area contributed by atoms with Crippen molar-refractivity contribution in [2.45, 2.75) is 82.8 Å². The number of benzene rings is 3. The Bertz CT molecular complexity index is 2410. The number of aliphatic hydroxyl groups excluding tert-OH is 2. The minimum absolute atomic E-state index is 0.0288. The van der Waals surface area contributed by atoms with Crippen LogP contribution < -0.4 is 18.9 Å². The minimum atomic E-state index is -1.48. The van der Waals surface area contributed by atoms with Crippen molar-refractivity contribution in [3.63, 3.8) is 0 Å². The molecule has 13 heteroatoms. The molecule has 4 aromatic rings. The number of nitrogens with zero attached hydrogens (tertiary/aromatic N) is 4. The number of aromatic nitrogens is 1. The molecule has 1 fully saturated rings. The number of pyridine rings is 1. The Labute approximate surface area is 374 Å². The predicted octanol–water partition coefficient (Wildman–Crippen LogP) is 8.18. The number of ether oxygens (including phenoxy) is 5. The maximum atomic E-state index is 15.3. The van der Waals surface area contributed by atoms with E-state index in [1.165, 1.54) is 7.11 Å². The van der Waals surface area contributed by atoms with Crippen LogP contribution in [0.1, 0.15) is 89.3 Å². The van der Waals surface area contributed by atoms with Gasteiger partial charge in [-0.15, -0.1) is 6.58 Å². The summed E-state index contributed by atoms with van der Waals surface area (Å²) in [5, 5.41) is 34.3. The summed E-state index contributed by atoms with van der Waals surface area (Å²) < 4.78 is 32.5. The van der Waals surface area contributed by atoms with Crippen molar-refractivity contribution < 1.29 is 43.5 Å². The van der Waals surface area contributed by atoms with E-state index >= 15 is 4.79 Å². The molecule has 0 spiro atoms. The lowest BCUT2D eigenvalue weighted by molar-refractivity contribution is -0.255. The second-order valence-corrected chi connectivity index (χ2v) is 16.8. The third-order valence-electron chi connectivity index (χ3n) is 12.9. The van der Waals surface area contributed by atoms with Crippen LogP contribution in [0.5, 0.6) is 23.0 Å². The number of fused-ring (bicyclic) bond motifs is 3. The fourth-order valence-corrected chi connectivity index (χ4v) is 10.1. The van der Waals surface area contributed by atoms with Gasteiger partial charge >= 0.3 is 0 Å². The Balaban J connectivity index is 1.32. The molecular weight excluding hydrogens is 813 g/mol. The smallest absolute Gasteiger partial charge is 0.254 e. The molecule has 13 nitrogen and oxygen atoms in total. The second-order valence-electron chi connectivity index (χ2n) is 16.8. The van der Waals surface area contributed by atoms with Crippen molar-refractivity contribution in [1.29, 1.82) is 5.26 Å². The van der Waals surface area contributed by atoms with Crippen LogP contribution in [0.25, 0.3) is 0 Å². The van der Waals surface area contributed by atoms with Crippen LogP contribution in [0.2, 0.25) is 0 Å². The van der Waals surface area contributed by atoms with Crippen LogP contribution >= 0.6 is 0 Å². The average Bonchev–Trinajstić information content (AvgIpc) is 3.79. The molecule has 64 heavy (non-hydrogen) atoms. The fourth-order valence-electron chi connectivity index (χ4n) is 10.1. The molecule has 0 saturated heterocycles. The van der Waals surface area contributed by atoms with Gasteiger partial charge in [0.15, 0.2) is 11.5 Å². The lowest BCUT2D eigenvalue weighted by atomic mass is 9.55. The normalized spacial score (nSPS) is 23.2. The van der Waals surface area contributed by atoms with Crippen LogP contribution in [0.15, 0.2) is 108 Å². The molecule has 1 amide bonds. The number of carbonyl (C=O) groups excluding carboxylic acids is 1. The lowest BCUT2D eigenvalue weighted by Crippen LogP contribution is -2.70. The number of aliphatic hydroxyl groups is 2. The third-order valence-corrected chi connectivity index (χ3v) is 12.9. The van der Waals surface area contributed by atoms with Crippen molar-refractivity contribution in [3.8, 4) is 29.1 Å². The number of hydrogen-bond donors (Lipinski definition) is 2. The molecule has 1 aromatic heterocycles. The van der Waals surface area contributed by atoms with E-state index in [1.54, 1.807) is 35.2 Å². The average molecular weight is 869 g/mol. The molecule has 8 rings (SSSR count). The van der Waals surface area contributed by atoms with Gasteiger partial charge in [0.05, 0.1) is 35.6 Å². The zero-order valence-corrected chi connectivity index (χ0v) is 36.5. The first-order valence-electron chi connectivity index (χ1n) is 22.2. The van der Waals surface area contributed by atoms with Gasteiger partial charge in [0, 0.05) is 48.9 Å². The zero-order chi connectivity index (χ0) is 44.6. The summed E-state index contributed by atoms with van der Waals surface area (Å²) in [7, 11) is 1.53. The predicted molar refractivity (Wildman–Crippen MR) is 239 cm³/mol. The molecule has 3 heterocycles. The maximum Gasteiger partial charge on any atom is 0.254 e. The number of nitriles is 1. The standard InChI is InChI=1S/C51H56N4O9/c1-4-24-63-51-47(55(50(58)36-17-14-34(29-52)15-18-36)30-35-16-20-45-46(25-35)62-32-61-45)28-43(54-59-3)41-26-37(11-5-7-22-56)40(13-6-8-23-57)48(49(41)51)42-27-39(19-21-44(42)64-51)60-31-38-12-9-10-33(2)53-38/h4,9-10,12,14-21,25-27,37,40,47-49,56-57H,1,5-8,11,13,22-24,28,30-32H2,2-3H3/t37-,40+,47-,48+,49+,51+/m0/s1. The van der Waals surface area contributed by atoms with Crippen molar-refractivity contribution >= 4 is 11.6 Å². The number of carbonyl (C=O) groups is 1. The number of amides is 1. The van der Waals surface area contributed by atoms with Gasteiger partial charge in [-0.25, -0.2) is 0 Å². The molecular formula is C51H56N4O9. The van der Waals surface area contributed by atoms with E-state index < -0.39 is 17.7 Å². The van der Waals surface area contributed by atoms with Crippen molar-refractivity contribution in [2.24, 2.45) is 22.9 Å². The van der Waals surface area contributed by atoms with E-state index in [0.29, 0.717) is 52.7 Å². The summed E-state index contributed by atoms with van der Waals surface area (Å²) >= 11 is 0. The molecule has 2 N–H and O–H groups in total. The summed E-state index contributed by atoms with van der Waals surface area (Å²) in [6.07, 6.45) is 8.74. The topological polar surface area (TPSA) is 165 Å². The first-order valence-corrected chi connectivity index (χ1v) is 22.2. The summed E-state index contributed by atoms with van der Waals surface area (Å²) in [5.41, 5.74) is 5.88. The van der Waals surface area contributed by atoms with Gasteiger partial charge in [-0.3, -0.25) is 9.78 Å². The minimum Gasteiger partial charge on any atom is -0.487 e. The monoisotopic (exact) mass is 868 g/mol. The van der Waals surface area contributed by atoms with Crippen molar-refractivity contribution in [2.75, 3.05) is 33.7 Å². The number of unbranched alkanes of at least 4 members (excludes halogenated alkanes) is 2. The van der Waals surface area contributed by atoms with Gasteiger partial charge in [-0.05, 0) is 122 Å². The van der Waals surface area contributed by atoms with Gasteiger partial charge in [0.1, 0.15) is 31.3 Å². The highest BCUT2D eigenvalue weighted by molar-refractivity contribution is 6.03. The quantitative estimate of drug-likeness (QED) is 0.0531. The molecule has 4 aliphatic rings. The molecule has 2 aliphatic heterocycles. The number of hydrogen-bond acceptors (Lipinski definition) is 12. The van der Waals surface area contributed by atoms with Gasteiger partial charge in [-0.2, -0.15) is 5.26 Å². The van der Waals surface area contributed by atoms with Crippen molar-refractivity contribution in [1.82, 2.24) is 9.88 Å². The summed E-state index contributed by atoms with van der Waals surface area (Å²) in [4.78, 5) is 27.4. The number of allylic oxidation sites excluding steroid dienone is 1.